The van der Waals surface area contributed by atoms with Crippen LogP contribution in [0.4, 0.5) is 0 Å². The molecule has 6 nitrogen and oxygen atoms in total. The standard InChI is InChI=1S/C21H42N4O2/c1-5-22-19(24-18-21(25(3)4)12-15-27-16-13-21)23-17-20(9-7-8-10-20)11-14-26-6-2/h5-18H2,1-4H3,(H2,22,23,24). The van der Waals surface area contributed by atoms with E-state index in [1.54, 1.807) is 0 Å². The van der Waals surface area contributed by atoms with Crippen molar-refractivity contribution in [2.45, 2.75) is 64.3 Å². The molecule has 6 heteroatoms. The lowest BCUT2D eigenvalue weighted by Crippen LogP contribution is -2.57. The smallest absolute Gasteiger partial charge is 0.191 e. The number of likely N-dealkylation sites (N-methyl/N-ethyl adjacent to an activating group) is 1. The second kappa shape index (κ2) is 11.2. The molecule has 1 heterocycles. The molecule has 1 saturated carbocycles. The number of aliphatic imine (C=N–C) groups is 1. The highest BCUT2D eigenvalue weighted by Crippen LogP contribution is 2.41. The Morgan fingerprint density at radius 1 is 1.07 bits per heavy atom. The van der Waals surface area contributed by atoms with Crippen LogP contribution < -0.4 is 10.6 Å². The Hall–Kier alpha value is -0.850. The third kappa shape index (κ3) is 6.61. The lowest BCUT2D eigenvalue weighted by atomic mass is 9.83. The minimum atomic E-state index is 0.147. The van der Waals surface area contributed by atoms with Crippen LogP contribution >= 0.6 is 0 Å². The van der Waals surface area contributed by atoms with Crippen LogP contribution in [0.1, 0.15) is 58.8 Å². The summed E-state index contributed by atoms with van der Waals surface area (Å²) in [5, 5.41) is 7.08. The lowest BCUT2D eigenvalue weighted by Gasteiger charge is -2.43. The summed E-state index contributed by atoms with van der Waals surface area (Å²) in [7, 11) is 4.36. The zero-order chi connectivity index (χ0) is 19.6. The van der Waals surface area contributed by atoms with Gasteiger partial charge in [0.25, 0.3) is 0 Å². The normalized spacial score (nSPS) is 22.2. The summed E-state index contributed by atoms with van der Waals surface area (Å²) >= 11 is 0. The maximum Gasteiger partial charge on any atom is 0.191 e. The van der Waals surface area contributed by atoms with Gasteiger partial charge < -0.3 is 25.0 Å². The minimum absolute atomic E-state index is 0.147. The van der Waals surface area contributed by atoms with Crippen molar-refractivity contribution in [3.63, 3.8) is 0 Å². The molecule has 0 aromatic carbocycles. The van der Waals surface area contributed by atoms with Gasteiger partial charge in [0.1, 0.15) is 0 Å². The van der Waals surface area contributed by atoms with E-state index in [1.807, 2.05) is 0 Å². The van der Waals surface area contributed by atoms with Crippen LogP contribution in [0.3, 0.4) is 0 Å². The summed E-state index contributed by atoms with van der Waals surface area (Å²) in [6.07, 6.45) is 8.47. The van der Waals surface area contributed by atoms with Crippen molar-refractivity contribution < 1.29 is 9.47 Å². The maximum atomic E-state index is 5.64. The third-order valence-corrected chi connectivity index (χ3v) is 6.52. The topological polar surface area (TPSA) is 58.1 Å². The Labute approximate surface area is 166 Å². The first kappa shape index (κ1) is 22.4. The van der Waals surface area contributed by atoms with Crippen molar-refractivity contribution in [3.05, 3.63) is 0 Å². The number of nitrogens with zero attached hydrogens (tertiary/aromatic N) is 2. The molecule has 1 saturated heterocycles. The Morgan fingerprint density at radius 2 is 1.78 bits per heavy atom. The maximum absolute atomic E-state index is 5.64. The molecule has 0 aromatic heterocycles. The highest BCUT2D eigenvalue weighted by molar-refractivity contribution is 5.79. The molecule has 0 spiro atoms. The largest absolute Gasteiger partial charge is 0.382 e. The number of hydrogen-bond acceptors (Lipinski definition) is 4. The summed E-state index contributed by atoms with van der Waals surface area (Å²) < 4.78 is 11.2. The fourth-order valence-corrected chi connectivity index (χ4v) is 4.42. The molecule has 0 aromatic rings. The van der Waals surface area contributed by atoms with E-state index < -0.39 is 0 Å². The minimum Gasteiger partial charge on any atom is -0.382 e. The second-order valence-corrected chi connectivity index (χ2v) is 8.43. The first-order chi connectivity index (χ1) is 13.1. The zero-order valence-electron chi connectivity index (χ0n) is 18.1. The van der Waals surface area contributed by atoms with E-state index in [9.17, 15) is 0 Å². The lowest BCUT2D eigenvalue weighted by molar-refractivity contribution is -0.00502. The van der Waals surface area contributed by atoms with Gasteiger partial charge in [-0.2, -0.15) is 0 Å². The Morgan fingerprint density at radius 3 is 2.37 bits per heavy atom. The van der Waals surface area contributed by atoms with Crippen molar-refractivity contribution in [2.75, 3.05) is 60.2 Å². The van der Waals surface area contributed by atoms with Crippen LogP contribution in [0, 0.1) is 5.41 Å². The Kier molecular flexibility index (Phi) is 9.33. The monoisotopic (exact) mass is 382 g/mol. The molecule has 0 radical (unpaired) electrons. The number of hydrogen-bond donors (Lipinski definition) is 2. The third-order valence-electron chi connectivity index (χ3n) is 6.52. The SMILES string of the molecule is CCNC(=NCC1(CCOCC)CCCC1)NCC1(N(C)C)CCOCC1. The number of nitrogens with one attached hydrogen (secondary N) is 2. The Bertz CT molecular complexity index is 441. The summed E-state index contributed by atoms with van der Waals surface area (Å²) in [5.41, 5.74) is 0.476. The van der Waals surface area contributed by atoms with Gasteiger partial charge in [-0.25, -0.2) is 0 Å². The quantitative estimate of drug-likeness (QED) is 0.346. The fraction of sp³-hybridized carbons (Fsp3) is 0.952. The average Bonchev–Trinajstić information content (AvgIpc) is 3.14. The summed E-state index contributed by atoms with van der Waals surface area (Å²) in [4.78, 5) is 7.36. The van der Waals surface area contributed by atoms with Gasteiger partial charge in [-0.1, -0.05) is 12.8 Å². The van der Waals surface area contributed by atoms with E-state index in [1.165, 1.54) is 25.7 Å². The summed E-state index contributed by atoms with van der Waals surface area (Å²) in [6, 6.07) is 0. The van der Waals surface area contributed by atoms with E-state index in [0.29, 0.717) is 5.41 Å². The van der Waals surface area contributed by atoms with Crippen molar-refractivity contribution in [3.8, 4) is 0 Å². The second-order valence-electron chi connectivity index (χ2n) is 8.43. The molecular formula is C21H42N4O2. The molecule has 1 aliphatic carbocycles. The van der Waals surface area contributed by atoms with Crippen LogP contribution in [-0.2, 0) is 9.47 Å². The molecular weight excluding hydrogens is 340 g/mol. The van der Waals surface area contributed by atoms with E-state index in [-0.39, 0.29) is 5.54 Å². The molecule has 27 heavy (non-hydrogen) atoms. The molecule has 2 rings (SSSR count). The van der Waals surface area contributed by atoms with Crippen LogP contribution in [0.15, 0.2) is 4.99 Å². The van der Waals surface area contributed by atoms with Gasteiger partial charge in [-0.15, -0.1) is 0 Å². The predicted molar refractivity (Wildman–Crippen MR) is 112 cm³/mol. The van der Waals surface area contributed by atoms with Crippen molar-refractivity contribution in [1.29, 1.82) is 0 Å². The molecule has 0 atom stereocenters. The molecule has 0 amide bonds. The van der Waals surface area contributed by atoms with E-state index in [4.69, 9.17) is 14.5 Å². The van der Waals surface area contributed by atoms with Gasteiger partial charge in [0, 0.05) is 51.6 Å². The Balaban J connectivity index is 1.97. The molecule has 0 bridgehead atoms. The summed E-state index contributed by atoms with van der Waals surface area (Å²) in [6.45, 7) is 10.2. The van der Waals surface area contributed by atoms with Gasteiger partial charge in [0.15, 0.2) is 5.96 Å². The zero-order valence-corrected chi connectivity index (χ0v) is 18.1. The molecule has 0 unspecified atom stereocenters. The van der Waals surface area contributed by atoms with Gasteiger partial charge in [0.2, 0.25) is 0 Å². The van der Waals surface area contributed by atoms with E-state index in [2.05, 4.69) is 43.5 Å². The van der Waals surface area contributed by atoms with Crippen LogP contribution in [0.2, 0.25) is 0 Å². The van der Waals surface area contributed by atoms with Crippen molar-refractivity contribution >= 4 is 5.96 Å². The average molecular weight is 383 g/mol. The van der Waals surface area contributed by atoms with Crippen molar-refractivity contribution in [2.24, 2.45) is 10.4 Å². The molecule has 158 valence electrons. The van der Waals surface area contributed by atoms with Crippen LogP contribution in [0.5, 0.6) is 0 Å². The van der Waals surface area contributed by atoms with Crippen LogP contribution in [0.25, 0.3) is 0 Å². The van der Waals surface area contributed by atoms with E-state index >= 15 is 0 Å². The summed E-state index contributed by atoms with van der Waals surface area (Å²) in [5.74, 6) is 0.952. The van der Waals surface area contributed by atoms with Gasteiger partial charge in [-0.3, -0.25) is 4.99 Å². The number of rotatable bonds is 10. The predicted octanol–water partition coefficient (Wildman–Crippen LogP) is 2.64. The first-order valence-electron chi connectivity index (χ1n) is 10.9. The van der Waals surface area contributed by atoms with Crippen molar-refractivity contribution in [1.82, 2.24) is 15.5 Å². The molecule has 1 aliphatic heterocycles. The highest BCUT2D eigenvalue weighted by Gasteiger charge is 2.36. The van der Waals surface area contributed by atoms with E-state index in [0.717, 1.165) is 71.3 Å². The molecule has 2 N–H and O–H groups in total. The molecule has 2 fully saturated rings. The van der Waals surface area contributed by atoms with Gasteiger partial charge in [0.05, 0.1) is 0 Å². The van der Waals surface area contributed by atoms with Gasteiger partial charge >= 0.3 is 0 Å². The molecule has 2 aliphatic rings. The fourth-order valence-electron chi connectivity index (χ4n) is 4.42. The number of ether oxygens (including phenoxy) is 2. The van der Waals surface area contributed by atoms with Crippen LogP contribution in [-0.4, -0.2) is 76.6 Å². The highest BCUT2D eigenvalue weighted by atomic mass is 16.5. The number of guanidine groups is 1. The first-order valence-corrected chi connectivity index (χ1v) is 10.9. The van der Waals surface area contributed by atoms with Gasteiger partial charge in [-0.05, 0) is 65.5 Å².